The molecule has 1 aromatic heterocycles. The lowest BCUT2D eigenvalue weighted by Gasteiger charge is -2.13. The number of nitrogens with two attached hydrogens (primary N) is 1. The lowest BCUT2D eigenvalue weighted by Crippen LogP contribution is -2.35. The van der Waals surface area contributed by atoms with E-state index >= 15 is 0 Å². The van der Waals surface area contributed by atoms with E-state index in [9.17, 15) is 4.79 Å². The summed E-state index contributed by atoms with van der Waals surface area (Å²) in [4.78, 5) is 15.6. The lowest BCUT2D eigenvalue weighted by molar-refractivity contribution is -0.117. The van der Waals surface area contributed by atoms with Crippen LogP contribution in [0.3, 0.4) is 0 Å². The van der Waals surface area contributed by atoms with Gasteiger partial charge >= 0.3 is 0 Å². The fourth-order valence-corrected chi connectivity index (χ4v) is 1.98. The van der Waals surface area contributed by atoms with E-state index in [4.69, 9.17) is 28.9 Å². The number of carbonyl (C=O) groups excluding carboxylic acids is 1. The summed E-state index contributed by atoms with van der Waals surface area (Å²) in [5.74, 6) is -0.263. The highest BCUT2D eigenvalue weighted by Crippen LogP contribution is 2.26. The van der Waals surface area contributed by atoms with E-state index in [0.717, 1.165) is 12.0 Å². The summed E-state index contributed by atoms with van der Waals surface area (Å²) in [5.41, 5.74) is 6.93. The maximum Gasteiger partial charge on any atom is 0.241 e. The predicted octanol–water partition coefficient (Wildman–Crippen LogP) is 2.76. The van der Waals surface area contributed by atoms with Crippen LogP contribution in [0.25, 0.3) is 0 Å². The molecule has 3 N–H and O–H groups in total. The number of anilines is 1. The topological polar surface area (TPSA) is 68.0 Å². The zero-order chi connectivity index (χ0) is 13.0. The van der Waals surface area contributed by atoms with Crippen molar-refractivity contribution >= 4 is 34.8 Å². The number of aryl methyl sites for hydroxylation is 1. The molecule has 1 rings (SSSR count). The minimum absolute atomic E-state index is 0.173. The van der Waals surface area contributed by atoms with Crippen molar-refractivity contribution in [1.29, 1.82) is 0 Å². The van der Waals surface area contributed by atoms with E-state index in [0.29, 0.717) is 17.3 Å². The molecule has 0 fully saturated rings. The molecule has 1 amide bonds. The van der Waals surface area contributed by atoms with E-state index in [1.165, 1.54) is 0 Å². The molecule has 1 aromatic rings. The number of rotatable bonds is 4. The highest BCUT2D eigenvalue weighted by molar-refractivity contribution is 6.34. The van der Waals surface area contributed by atoms with Gasteiger partial charge in [-0.05, 0) is 25.0 Å². The highest BCUT2D eigenvalue weighted by Gasteiger charge is 2.16. The van der Waals surface area contributed by atoms with Gasteiger partial charge in [0.05, 0.1) is 11.7 Å². The first-order valence-electron chi connectivity index (χ1n) is 5.34. The molecular weight excluding hydrogens is 261 g/mol. The number of halogens is 2. The van der Waals surface area contributed by atoms with Gasteiger partial charge in [-0.15, -0.1) is 0 Å². The Labute approximate surface area is 110 Å². The minimum atomic E-state index is -0.536. The van der Waals surface area contributed by atoms with Crippen molar-refractivity contribution in [2.45, 2.75) is 32.7 Å². The molecule has 0 unspecified atom stereocenters. The van der Waals surface area contributed by atoms with Crippen molar-refractivity contribution in [3.8, 4) is 0 Å². The number of hydrogen-bond acceptors (Lipinski definition) is 3. The highest BCUT2D eigenvalue weighted by atomic mass is 35.5. The number of carbonyl (C=O) groups is 1. The predicted molar refractivity (Wildman–Crippen MR) is 70.5 cm³/mol. The largest absolute Gasteiger partial charge is 0.322 e. The second-order valence-electron chi connectivity index (χ2n) is 3.81. The summed E-state index contributed by atoms with van der Waals surface area (Å²) in [6.45, 7) is 3.76. The van der Waals surface area contributed by atoms with Gasteiger partial charge in [0, 0.05) is 0 Å². The zero-order valence-electron chi connectivity index (χ0n) is 9.76. The van der Waals surface area contributed by atoms with Crippen LogP contribution in [0, 0.1) is 6.92 Å². The lowest BCUT2D eigenvalue weighted by atomic mass is 10.1. The number of aromatic nitrogens is 1. The van der Waals surface area contributed by atoms with Crippen LogP contribution < -0.4 is 11.1 Å². The summed E-state index contributed by atoms with van der Waals surface area (Å²) < 4.78 is 0. The molecule has 0 aliphatic rings. The SMILES string of the molecule is CCC[C@H](N)C(=O)Nc1c(C)cc(Cl)nc1Cl. The zero-order valence-corrected chi connectivity index (χ0v) is 11.3. The number of nitrogens with zero attached hydrogens (tertiary/aromatic N) is 1. The van der Waals surface area contributed by atoms with Gasteiger partial charge in [-0.1, -0.05) is 36.5 Å². The van der Waals surface area contributed by atoms with Crippen LogP contribution in [0.2, 0.25) is 10.3 Å². The van der Waals surface area contributed by atoms with Crippen LogP contribution in [-0.4, -0.2) is 16.9 Å². The average molecular weight is 276 g/mol. The van der Waals surface area contributed by atoms with E-state index in [1.807, 2.05) is 6.92 Å². The maximum atomic E-state index is 11.7. The molecule has 0 saturated carbocycles. The van der Waals surface area contributed by atoms with Crippen LogP contribution in [0.15, 0.2) is 6.07 Å². The molecule has 0 aliphatic heterocycles. The van der Waals surface area contributed by atoms with Crippen molar-refractivity contribution in [1.82, 2.24) is 4.98 Å². The number of hydrogen-bond donors (Lipinski definition) is 2. The molecule has 17 heavy (non-hydrogen) atoms. The smallest absolute Gasteiger partial charge is 0.241 e. The van der Waals surface area contributed by atoms with Crippen molar-refractivity contribution < 1.29 is 4.79 Å². The maximum absolute atomic E-state index is 11.7. The second kappa shape index (κ2) is 6.19. The van der Waals surface area contributed by atoms with Crippen LogP contribution in [0.5, 0.6) is 0 Å². The van der Waals surface area contributed by atoms with Crippen molar-refractivity contribution in [3.05, 3.63) is 21.9 Å². The average Bonchev–Trinajstić information content (AvgIpc) is 2.23. The van der Waals surface area contributed by atoms with Gasteiger partial charge in [-0.2, -0.15) is 0 Å². The van der Waals surface area contributed by atoms with Gasteiger partial charge < -0.3 is 11.1 Å². The van der Waals surface area contributed by atoms with Crippen LogP contribution in [0.1, 0.15) is 25.3 Å². The Kier molecular flexibility index (Phi) is 5.18. The molecule has 0 bridgehead atoms. The van der Waals surface area contributed by atoms with E-state index in [-0.39, 0.29) is 11.1 Å². The molecule has 1 atom stereocenters. The Morgan fingerprint density at radius 2 is 2.24 bits per heavy atom. The van der Waals surface area contributed by atoms with Gasteiger partial charge in [0.25, 0.3) is 0 Å². The second-order valence-corrected chi connectivity index (χ2v) is 4.56. The van der Waals surface area contributed by atoms with Gasteiger partial charge in [0.1, 0.15) is 5.15 Å². The number of amides is 1. The minimum Gasteiger partial charge on any atom is -0.322 e. The van der Waals surface area contributed by atoms with E-state index in [2.05, 4.69) is 10.3 Å². The first-order chi connectivity index (χ1) is 7.95. The Morgan fingerprint density at radius 1 is 1.59 bits per heavy atom. The summed E-state index contributed by atoms with van der Waals surface area (Å²) in [5, 5.41) is 3.14. The van der Waals surface area contributed by atoms with Crippen molar-refractivity contribution in [2.24, 2.45) is 5.73 Å². The first-order valence-corrected chi connectivity index (χ1v) is 6.10. The Hall–Kier alpha value is -0.840. The Morgan fingerprint density at radius 3 is 2.76 bits per heavy atom. The monoisotopic (exact) mass is 275 g/mol. The van der Waals surface area contributed by atoms with Gasteiger partial charge in [0.15, 0.2) is 5.15 Å². The summed E-state index contributed by atoms with van der Waals surface area (Å²) in [6, 6.07) is 1.10. The van der Waals surface area contributed by atoms with Gasteiger partial charge in [-0.3, -0.25) is 4.79 Å². The van der Waals surface area contributed by atoms with Crippen molar-refractivity contribution in [3.63, 3.8) is 0 Å². The molecule has 0 saturated heterocycles. The van der Waals surface area contributed by atoms with E-state index in [1.54, 1.807) is 13.0 Å². The normalized spacial score (nSPS) is 12.3. The summed E-state index contributed by atoms with van der Waals surface area (Å²) in [7, 11) is 0. The molecule has 0 aliphatic carbocycles. The number of nitrogens with one attached hydrogen (secondary N) is 1. The molecule has 6 heteroatoms. The van der Waals surface area contributed by atoms with Crippen LogP contribution in [-0.2, 0) is 4.79 Å². The summed E-state index contributed by atoms with van der Waals surface area (Å²) >= 11 is 11.6. The molecule has 0 spiro atoms. The molecule has 94 valence electrons. The number of pyridine rings is 1. The van der Waals surface area contributed by atoms with Crippen molar-refractivity contribution in [2.75, 3.05) is 5.32 Å². The third kappa shape index (κ3) is 3.84. The van der Waals surface area contributed by atoms with Gasteiger partial charge in [0.2, 0.25) is 5.91 Å². The Bertz CT molecular complexity index is 400. The molecule has 0 radical (unpaired) electrons. The van der Waals surface area contributed by atoms with Gasteiger partial charge in [-0.25, -0.2) is 4.98 Å². The van der Waals surface area contributed by atoms with E-state index < -0.39 is 6.04 Å². The third-order valence-electron chi connectivity index (χ3n) is 2.33. The fourth-order valence-electron chi connectivity index (χ4n) is 1.40. The molecular formula is C11H15Cl2N3O. The fraction of sp³-hybridized carbons (Fsp3) is 0.455. The first kappa shape index (κ1) is 14.2. The molecule has 1 heterocycles. The molecule has 0 aromatic carbocycles. The molecule has 4 nitrogen and oxygen atoms in total. The van der Waals surface area contributed by atoms with Crippen LogP contribution >= 0.6 is 23.2 Å². The quantitative estimate of drug-likeness (QED) is 0.831. The summed E-state index contributed by atoms with van der Waals surface area (Å²) in [6.07, 6.45) is 1.48. The van der Waals surface area contributed by atoms with Crippen LogP contribution in [0.4, 0.5) is 5.69 Å². The Balaban J connectivity index is 2.85. The standard InChI is InChI=1S/C11H15Cl2N3O/c1-3-4-7(14)11(17)16-9-6(2)5-8(12)15-10(9)13/h5,7H,3-4,14H2,1-2H3,(H,16,17)/t7-/m0/s1. The third-order valence-corrected chi connectivity index (χ3v) is 2.79.